The molecule has 2 unspecified atom stereocenters. The van der Waals surface area contributed by atoms with Gasteiger partial charge in [0.25, 0.3) is 0 Å². The molecule has 6 nitrogen and oxygen atoms in total. The molecule has 2 aromatic rings. The SMILES string of the molecule is Nc1nc(Cl)cc(C2CCCN(C(=O)[O-])C2Cc2ccccc2)n1. The molecule has 3 rings (SSSR count). The molecule has 0 saturated carbocycles. The van der Waals surface area contributed by atoms with Crippen molar-refractivity contribution < 1.29 is 9.90 Å². The van der Waals surface area contributed by atoms with Crippen LogP contribution in [0.5, 0.6) is 0 Å². The molecule has 1 aliphatic rings. The van der Waals surface area contributed by atoms with Crippen LogP contribution in [0.1, 0.15) is 30.0 Å². The summed E-state index contributed by atoms with van der Waals surface area (Å²) in [6.07, 6.45) is 0.981. The van der Waals surface area contributed by atoms with Crippen molar-refractivity contribution in [3.05, 3.63) is 52.8 Å². The van der Waals surface area contributed by atoms with Gasteiger partial charge >= 0.3 is 0 Å². The highest BCUT2D eigenvalue weighted by molar-refractivity contribution is 6.29. The molecule has 1 aromatic heterocycles. The second-order valence-electron chi connectivity index (χ2n) is 5.94. The van der Waals surface area contributed by atoms with Gasteiger partial charge in [-0.2, -0.15) is 0 Å². The summed E-state index contributed by atoms with van der Waals surface area (Å²) in [7, 11) is 0. The van der Waals surface area contributed by atoms with E-state index in [0.717, 1.165) is 18.4 Å². The molecule has 0 bridgehead atoms. The Morgan fingerprint density at radius 3 is 2.75 bits per heavy atom. The van der Waals surface area contributed by atoms with Gasteiger partial charge in [-0.3, -0.25) is 0 Å². The highest BCUT2D eigenvalue weighted by Crippen LogP contribution is 2.34. The van der Waals surface area contributed by atoms with E-state index in [0.29, 0.717) is 18.7 Å². The van der Waals surface area contributed by atoms with Crippen LogP contribution in [0.2, 0.25) is 5.15 Å². The van der Waals surface area contributed by atoms with Gasteiger partial charge < -0.3 is 20.5 Å². The summed E-state index contributed by atoms with van der Waals surface area (Å²) in [5, 5.41) is 11.9. The van der Waals surface area contributed by atoms with Crippen molar-refractivity contribution in [3.63, 3.8) is 0 Å². The predicted molar refractivity (Wildman–Crippen MR) is 89.5 cm³/mol. The number of amides is 1. The van der Waals surface area contributed by atoms with Crippen LogP contribution in [0.25, 0.3) is 0 Å². The fourth-order valence-electron chi connectivity index (χ4n) is 3.38. The number of nitrogens with two attached hydrogens (primary N) is 1. The number of hydrogen-bond donors (Lipinski definition) is 1. The molecular formula is C17H18ClN4O2-. The van der Waals surface area contributed by atoms with Gasteiger partial charge in [0, 0.05) is 18.5 Å². The van der Waals surface area contributed by atoms with E-state index >= 15 is 0 Å². The van der Waals surface area contributed by atoms with E-state index in [1.807, 2.05) is 30.3 Å². The number of nitrogens with zero attached hydrogens (tertiary/aromatic N) is 3. The number of benzene rings is 1. The Hall–Kier alpha value is -2.34. The molecule has 1 amide bonds. The lowest BCUT2D eigenvalue weighted by atomic mass is 9.83. The fraction of sp³-hybridized carbons (Fsp3) is 0.353. The summed E-state index contributed by atoms with van der Waals surface area (Å²) in [4.78, 5) is 21.2. The predicted octanol–water partition coefficient (Wildman–Crippen LogP) is 1.85. The normalized spacial score (nSPS) is 20.8. The minimum absolute atomic E-state index is 0.0975. The summed E-state index contributed by atoms with van der Waals surface area (Å²) < 4.78 is 0. The van der Waals surface area contributed by atoms with Gasteiger partial charge in [0.05, 0.1) is 5.69 Å². The highest BCUT2D eigenvalue weighted by Gasteiger charge is 2.34. The van der Waals surface area contributed by atoms with Crippen molar-refractivity contribution in [2.24, 2.45) is 0 Å². The zero-order valence-electron chi connectivity index (χ0n) is 13.1. The minimum Gasteiger partial charge on any atom is -0.530 e. The number of halogens is 1. The van der Waals surface area contributed by atoms with E-state index in [-0.39, 0.29) is 23.1 Å². The lowest BCUT2D eigenvalue weighted by molar-refractivity contribution is -0.269. The molecule has 2 atom stereocenters. The van der Waals surface area contributed by atoms with Crippen LogP contribution >= 0.6 is 11.6 Å². The van der Waals surface area contributed by atoms with Crippen LogP contribution in [0, 0.1) is 0 Å². The molecular weight excluding hydrogens is 328 g/mol. The van der Waals surface area contributed by atoms with Crippen LogP contribution in [-0.2, 0) is 6.42 Å². The second kappa shape index (κ2) is 7.05. The summed E-state index contributed by atoms with van der Waals surface area (Å²) >= 11 is 6.00. The number of aromatic nitrogens is 2. The van der Waals surface area contributed by atoms with Gasteiger partial charge in [0.15, 0.2) is 0 Å². The molecule has 126 valence electrons. The Bertz CT molecular complexity index is 706. The van der Waals surface area contributed by atoms with Crippen molar-refractivity contribution in [2.45, 2.75) is 31.2 Å². The summed E-state index contributed by atoms with van der Waals surface area (Å²) in [6.45, 7) is 0.463. The van der Waals surface area contributed by atoms with Crippen LogP contribution in [0.15, 0.2) is 36.4 Å². The summed E-state index contributed by atoms with van der Waals surface area (Å²) in [5.41, 5.74) is 7.45. The summed E-state index contributed by atoms with van der Waals surface area (Å²) in [5.74, 6) is 0.00110. The highest BCUT2D eigenvalue weighted by atomic mass is 35.5. The molecule has 1 aromatic carbocycles. The van der Waals surface area contributed by atoms with Crippen molar-refractivity contribution in [1.82, 2.24) is 14.9 Å². The van der Waals surface area contributed by atoms with Crippen molar-refractivity contribution in [1.29, 1.82) is 0 Å². The maximum absolute atomic E-state index is 11.6. The summed E-state index contributed by atoms with van der Waals surface area (Å²) in [6, 6.07) is 11.2. The average molecular weight is 346 g/mol. The van der Waals surface area contributed by atoms with Crippen molar-refractivity contribution >= 4 is 23.6 Å². The molecule has 0 radical (unpaired) electrons. The van der Waals surface area contributed by atoms with Crippen LogP contribution in [-0.4, -0.2) is 33.5 Å². The molecule has 24 heavy (non-hydrogen) atoms. The third kappa shape index (κ3) is 3.59. The van der Waals surface area contributed by atoms with E-state index in [9.17, 15) is 9.90 Å². The standard InChI is InChI=1S/C17H19ClN4O2/c18-15-10-13(20-16(19)21-15)12-7-4-8-22(17(23)24)14(12)9-11-5-2-1-3-6-11/h1-3,5-6,10,12,14H,4,7-9H2,(H,23,24)(H2,19,20,21)/p-1. The number of likely N-dealkylation sites (tertiary alicyclic amines) is 1. The van der Waals surface area contributed by atoms with E-state index in [4.69, 9.17) is 17.3 Å². The van der Waals surface area contributed by atoms with E-state index in [1.165, 1.54) is 4.90 Å². The van der Waals surface area contributed by atoms with Gasteiger partial charge in [-0.1, -0.05) is 41.9 Å². The van der Waals surface area contributed by atoms with Gasteiger partial charge in [-0.25, -0.2) is 9.97 Å². The fourth-order valence-corrected chi connectivity index (χ4v) is 3.58. The Kier molecular flexibility index (Phi) is 4.85. The first-order chi connectivity index (χ1) is 11.5. The largest absolute Gasteiger partial charge is 0.530 e. The Morgan fingerprint density at radius 1 is 1.33 bits per heavy atom. The van der Waals surface area contributed by atoms with Gasteiger partial charge in [-0.05, 0) is 30.9 Å². The number of rotatable bonds is 3. The number of hydrogen-bond acceptors (Lipinski definition) is 5. The molecule has 0 spiro atoms. The van der Waals surface area contributed by atoms with Crippen LogP contribution in [0.4, 0.5) is 10.7 Å². The number of carbonyl (C=O) groups is 1. The molecule has 7 heteroatoms. The van der Waals surface area contributed by atoms with Crippen LogP contribution in [0.3, 0.4) is 0 Å². The Labute approximate surface area is 145 Å². The topological polar surface area (TPSA) is 95.2 Å². The third-order valence-corrected chi connectivity index (χ3v) is 4.61. The molecule has 2 N–H and O–H groups in total. The van der Waals surface area contributed by atoms with Crippen molar-refractivity contribution in [3.8, 4) is 0 Å². The van der Waals surface area contributed by atoms with Gasteiger partial charge in [0.2, 0.25) is 5.95 Å². The molecule has 1 fully saturated rings. The molecule has 0 aliphatic carbocycles. The first-order valence-corrected chi connectivity index (χ1v) is 8.24. The Balaban J connectivity index is 1.96. The van der Waals surface area contributed by atoms with Crippen LogP contribution < -0.4 is 10.8 Å². The van der Waals surface area contributed by atoms with Gasteiger partial charge in [-0.15, -0.1) is 0 Å². The minimum atomic E-state index is -1.16. The molecule has 1 aliphatic heterocycles. The van der Waals surface area contributed by atoms with E-state index < -0.39 is 6.09 Å². The monoisotopic (exact) mass is 345 g/mol. The van der Waals surface area contributed by atoms with E-state index in [1.54, 1.807) is 6.07 Å². The smallest absolute Gasteiger partial charge is 0.221 e. The second-order valence-corrected chi connectivity index (χ2v) is 6.33. The maximum Gasteiger partial charge on any atom is 0.221 e. The zero-order valence-corrected chi connectivity index (χ0v) is 13.8. The number of nitrogen functional groups attached to an aromatic ring is 1. The first kappa shape index (κ1) is 16.5. The maximum atomic E-state index is 11.6. The number of carboxylic acid groups (broad SMARTS) is 1. The number of piperidine rings is 1. The quantitative estimate of drug-likeness (QED) is 0.856. The first-order valence-electron chi connectivity index (χ1n) is 7.86. The zero-order chi connectivity index (χ0) is 17.1. The number of anilines is 1. The lowest BCUT2D eigenvalue weighted by Gasteiger charge is -2.43. The lowest BCUT2D eigenvalue weighted by Crippen LogP contribution is -2.53. The number of carbonyl (C=O) groups excluding carboxylic acids is 1. The Morgan fingerprint density at radius 2 is 2.08 bits per heavy atom. The average Bonchev–Trinajstić information content (AvgIpc) is 2.55. The molecule has 2 heterocycles. The third-order valence-electron chi connectivity index (χ3n) is 4.41. The van der Waals surface area contributed by atoms with Gasteiger partial charge in [0.1, 0.15) is 11.2 Å². The molecule has 1 saturated heterocycles. The van der Waals surface area contributed by atoms with Crippen molar-refractivity contribution in [2.75, 3.05) is 12.3 Å². The van der Waals surface area contributed by atoms with E-state index in [2.05, 4.69) is 9.97 Å².